The van der Waals surface area contributed by atoms with E-state index in [1.54, 1.807) is 6.07 Å². The second kappa shape index (κ2) is 3.95. The number of rotatable bonds is 1. The quantitative estimate of drug-likeness (QED) is 0.512. The lowest BCUT2D eigenvalue weighted by atomic mass is 10.0. The highest BCUT2D eigenvalue weighted by Crippen LogP contribution is 2.37. The molecular weight excluding hydrogens is 229 g/mol. The third-order valence-corrected chi connectivity index (χ3v) is 3.37. The van der Waals surface area contributed by atoms with Crippen molar-refractivity contribution in [3.63, 3.8) is 0 Å². The van der Waals surface area contributed by atoms with Gasteiger partial charge in [-0.05, 0) is 41.3 Å². The summed E-state index contributed by atoms with van der Waals surface area (Å²) < 4.78 is 13.3. The molecule has 0 fully saturated rings. The molecule has 2 nitrogen and oxygen atoms in total. The maximum absolute atomic E-state index is 13.3. The first-order valence-electron chi connectivity index (χ1n) is 5.90. The van der Waals surface area contributed by atoms with Crippen LogP contribution in [0.5, 0.6) is 0 Å². The minimum Gasteiger partial charge on any atom is -0.410 e. The summed E-state index contributed by atoms with van der Waals surface area (Å²) in [6.45, 7) is 2.07. The molecule has 1 N–H and O–H groups in total. The van der Waals surface area contributed by atoms with E-state index in [1.807, 2.05) is 18.2 Å². The zero-order valence-corrected chi connectivity index (χ0v) is 9.94. The van der Waals surface area contributed by atoms with Gasteiger partial charge in [0.1, 0.15) is 11.5 Å². The number of aryl methyl sites for hydroxylation is 1. The molecule has 0 bridgehead atoms. The number of halogens is 1. The van der Waals surface area contributed by atoms with Gasteiger partial charge in [-0.1, -0.05) is 30.3 Å². The van der Waals surface area contributed by atoms with Crippen LogP contribution in [0.15, 0.2) is 41.6 Å². The molecule has 3 heteroatoms. The maximum atomic E-state index is 13.3. The predicted octanol–water partition coefficient (Wildman–Crippen LogP) is 3.60. The minimum absolute atomic E-state index is 0.321. The van der Waals surface area contributed by atoms with Crippen molar-refractivity contribution < 1.29 is 9.60 Å². The van der Waals surface area contributed by atoms with Crippen molar-refractivity contribution in [2.45, 2.75) is 13.3 Å². The molecule has 1 aliphatic carbocycles. The lowest BCUT2D eigenvalue weighted by Crippen LogP contribution is -1.99. The summed E-state index contributed by atoms with van der Waals surface area (Å²) in [4.78, 5) is 0. The summed E-state index contributed by atoms with van der Waals surface area (Å²) >= 11 is 0. The average Bonchev–Trinajstić information content (AvgIpc) is 2.70. The molecule has 3 rings (SSSR count). The van der Waals surface area contributed by atoms with Gasteiger partial charge in [0.2, 0.25) is 0 Å². The van der Waals surface area contributed by atoms with Crippen molar-refractivity contribution in [1.82, 2.24) is 0 Å². The fourth-order valence-corrected chi connectivity index (χ4v) is 2.44. The summed E-state index contributed by atoms with van der Waals surface area (Å²) in [5, 5.41) is 12.5. The molecule has 90 valence electrons. The molecule has 2 aromatic rings. The van der Waals surface area contributed by atoms with Gasteiger partial charge in [0.15, 0.2) is 0 Å². The van der Waals surface area contributed by atoms with E-state index in [4.69, 9.17) is 0 Å². The van der Waals surface area contributed by atoms with E-state index in [0.29, 0.717) is 11.3 Å². The summed E-state index contributed by atoms with van der Waals surface area (Å²) in [6, 6.07) is 10.6. The molecule has 0 aromatic heterocycles. The van der Waals surface area contributed by atoms with Crippen molar-refractivity contribution in [3.8, 4) is 11.1 Å². The molecule has 2 aromatic carbocycles. The SMILES string of the molecule is CCc1ccc2c(c1)C(=NO)c1cc(F)ccc1-2. The van der Waals surface area contributed by atoms with Crippen LogP contribution in [0.1, 0.15) is 23.6 Å². The van der Waals surface area contributed by atoms with Gasteiger partial charge in [-0.2, -0.15) is 0 Å². The fourth-order valence-electron chi connectivity index (χ4n) is 2.44. The molecule has 0 amide bonds. The van der Waals surface area contributed by atoms with Crippen molar-refractivity contribution in [3.05, 3.63) is 58.9 Å². The van der Waals surface area contributed by atoms with Gasteiger partial charge in [0.05, 0.1) is 0 Å². The van der Waals surface area contributed by atoms with Crippen molar-refractivity contribution in [2.75, 3.05) is 0 Å². The molecular formula is C15H12FNO. The zero-order chi connectivity index (χ0) is 12.7. The molecule has 0 atom stereocenters. The van der Waals surface area contributed by atoms with Gasteiger partial charge >= 0.3 is 0 Å². The van der Waals surface area contributed by atoms with Crippen molar-refractivity contribution in [2.24, 2.45) is 5.16 Å². The van der Waals surface area contributed by atoms with Crippen LogP contribution < -0.4 is 0 Å². The summed E-state index contributed by atoms with van der Waals surface area (Å²) in [5.41, 5.74) is 5.06. The number of hydrogen-bond donors (Lipinski definition) is 1. The van der Waals surface area contributed by atoms with E-state index in [-0.39, 0.29) is 5.82 Å². The van der Waals surface area contributed by atoms with Crippen LogP contribution in [-0.4, -0.2) is 10.9 Å². The first kappa shape index (κ1) is 11.0. The number of nitrogens with zero attached hydrogens (tertiary/aromatic N) is 1. The number of fused-ring (bicyclic) bond motifs is 3. The van der Waals surface area contributed by atoms with Crippen LogP contribution >= 0.6 is 0 Å². The van der Waals surface area contributed by atoms with Crippen LogP contribution in [0.2, 0.25) is 0 Å². The fraction of sp³-hybridized carbons (Fsp3) is 0.133. The first-order chi connectivity index (χ1) is 8.74. The summed E-state index contributed by atoms with van der Waals surface area (Å²) in [5.74, 6) is -0.321. The largest absolute Gasteiger partial charge is 0.410 e. The van der Waals surface area contributed by atoms with Gasteiger partial charge in [-0.25, -0.2) is 4.39 Å². The molecule has 0 unspecified atom stereocenters. The Hall–Kier alpha value is -2.16. The Morgan fingerprint density at radius 1 is 1.00 bits per heavy atom. The molecule has 0 radical (unpaired) electrons. The summed E-state index contributed by atoms with van der Waals surface area (Å²) in [6.07, 6.45) is 0.913. The van der Waals surface area contributed by atoms with Crippen LogP contribution in [0, 0.1) is 5.82 Å². The Kier molecular flexibility index (Phi) is 2.40. The lowest BCUT2D eigenvalue weighted by Gasteiger charge is -2.02. The predicted molar refractivity (Wildman–Crippen MR) is 68.6 cm³/mol. The molecule has 0 saturated carbocycles. The Bertz CT molecular complexity index is 662. The third kappa shape index (κ3) is 1.44. The van der Waals surface area contributed by atoms with E-state index < -0.39 is 0 Å². The Labute approximate surface area is 104 Å². The minimum atomic E-state index is -0.321. The second-order valence-electron chi connectivity index (χ2n) is 4.37. The molecule has 0 aliphatic heterocycles. The van der Waals surface area contributed by atoms with Crippen molar-refractivity contribution in [1.29, 1.82) is 0 Å². The monoisotopic (exact) mass is 241 g/mol. The smallest absolute Gasteiger partial charge is 0.123 e. The Morgan fingerprint density at radius 2 is 1.67 bits per heavy atom. The van der Waals surface area contributed by atoms with E-state index >= 15 is 0 Å². The highest BCUT2D eigenvalue weighted by molar-refractivity contribution is 6.24. The van der Waals surface area contributed by atoms with Gasteiger partial charge < -0.3 is 5.21 Å². The van der Waals surface area contributed by atoms with Crippen LogP contribution in [0.3, 0.4) is 0 Å². The number of oxime groups is 1. The van der Waals surface area contributed by atoms with Crippen LogP contribution in [0.4, 0.5) is 4.39 Å². The van der Waals surface area contributed by atoms with Gasteiger partial charge in [0.25, 0.3) is 0 Å². The first-order valence-corrected chi connectivity index (χ1v) is 5.90. The number of hydrogen-bond acceptors (Lipinski definition) is 2. The highest BCUT2D eigenvalue weighted by atomic mass is 19.1. The van der Waals surface area contributed by atoms with Crippen LogP contribution in [0.25, 0.3) is 11.1 Å². The molecule has 18 heavy (non-hydrogen) atoms. The zero-order valence-electron chi connectivity index (χ0n) is 9.94. The van der Waals surface area contributed by atoms with Crippen molar-refractivity contribution >= 4 is 5.71 Å². The topological polar surface area (TPSA) is 32.6 Å². The molecule has 0 spiro atoms. The highest BCUT2D eigenvalue weighted by Gasteiger charge is 2.25. The Morgan fingerprint density at radius 3 is 2.33 bits per heavy atom. The normalized spacial score (nSPS) is 14.7. The lowest BCUT2D eigenvalue weighted by molar-refractivity contribution is 0.320. The van der Waals surface area contributed by atoms with E-state index in [9.17, 15) is 9.60 Å². The van der Waals surface area contributed by atoms with Gasteiger partial charge in [0, 0.05) is 11.1 Å². The van der Waals surface area contributed by atoms with Gasteiger partial charge in [-0.15, -0.1) is 0 Å². The van der Waals surface area contributed by atoms with Crippen LogP contribution in [-0.2, 0) is 6.42 Å². The third-order valence-electron chi connectivity index (χ3n) is 3.37. The Balaban J connectivity index is 2.30. The number of benzene rings is 2. The standard InChI is InChI=1S/C15H12FNO/c1-2-9-3-5-11-12-6-4-10(16)8-14(12)15(17-18)13(11)7-9/h3-8,18H,2H2,1H3. The molecule has 0 heterocycles. The second-order valence-corrected chi connectivity index (χ2v) is 4.37. The summed E-state index contributed by atoms with van der Waals surface area (Å²) in [7, 11) is 0. The van der Waals surface area contributed by atoms with Gasteiger partial charge in [-0.3, -0.25) is 0 Å². The maximum Gasteiger partial charge on any atom is 0.123 e. The average molecular weight is 241 g/mol. The van der Waals surface area contributed by atoms with E-state index in [1.165, 1.54) is 17.7 Å². The van der Waals surface area contributed by atoms with E-state index in [2.05, 4.69) is 12.1 Å². The van der Waals surface area contributed by atoms with E-state index in [0.717, 1.165) is 23.1 Å². The molecule has 1 aliphatic rings. The molecule has 0 saturated heterocycles.